The minimum atomic E-state index is -1.36. The molecule has 1 atom stereocenters. The smallest absolute Gasteiger partial charge is 0.354 e. The number of amides is 2. The average molecular weight is 294 g/mol. The van der Waals surface area contributed by atoms with Gasteiger partial charge in [0, 0.05) is 13.1 Å². The van der Waals surface area contributed by atoms with Crippen molar-refractivity contribution in [2.45, 2.75) is 12.5 Å². The first-order valence-corrected chi connectivity index (χ1v) is 5.77. The summed E-state index contributed by atoms with van der Waals surface area (Å²) in [6.45, 7) is 0. The van der Waals surface area contributed by atoms with Crippen molar-refractivity contribution in [1.29, 1.82) is 0 Å². The van der Waals surface area contributed by atoms with Crippen LogP contribution in [0.4, 0.5) is 11.5 Å². The third-order valence-corrected chi connectivity index (χ3v) is 2.98. The minimum Gasteiger partial charge on any atom is -0.477 e. The van der Waals surface area contributed by atoms with Gasteiger partial charge >= 0.3 is 11.7 Å². The van der Waals surface area contributed by atoms with Crippen LogP contribution in [0.2, 0.25) is 0 Å². The fourth-order valence-electron chi connectivity index (χ4n) is 1.86. The van der Waals surface area contributed by atoms with Crippen LogP contribution in [0.1, 0.15) is 16.9 Å². The Morgan fingerprint density at radius 3 is 2.67 bits per heavy atom. The first-order chi connectivity index (χ1) is 9.81. The third-order valence-electron chi connectivity index (χ3n) is 2.98. The molecule has 2 amide bonds. The molecule has 0 radical (unpaired) electrons. The van der Waals surface area contributed by atoms with Gasteiger partial charge in [0.2, 0.25) is 11.7 Å². The van der Waals surface area contributed by atoms with Crippen molar-refractivity contribution in [2.24, 2.45) is 0 Å². The van der Waals surface area contributed by atoms with E-state index in [1.807, 2.05) is 0 Å². The highest BCUT2D eigenvalue weighted by molar-refractivity contribution is 6.06. The lowest BCUT2D eigenvalue weighted by molar-refractivity contribution is -0.384. The number of likely N-dealkylation sites (tertiary alicyclic amines) is 1. The average Bonchev–Trinajstić information content (AvgIpc) is 2.66. The Morgan fingerprint density at radius 1 is 1.52 bits per heavy atom. The van der Waals surface area contributed by atoms with Crippen molar-refractivity contribution in [2.75, 3.05) is 12.4 Å². The van der Waals surface area contributed by atoms with E-state index in [9.17, 15) is 24.5 Å². The monoisotopic (exact) mass is 294 g/mol. The fourth-order valence-corrected chi connectivity index (χ4v) is 1.86. The topological polar surface area (TPSA) is 143 Å². The zero-order chi connectivity index (χ0) is 15.7. The Kier molecular flexibility index (Phi) is 3.52. The van der Waals surface area contributed by atoms with Crippen LogP contribution in [0.15, 0.2) is 12.1 Å². The molecule has 1 fully saturated rings. The van der Waals surface area contributed by atoms with Crippen LogP contribution in [-0.4, -0.2) is 50.8 Å². The number of aromatic carboxylic acids is 1. The van der Waals surface area contributed by atoms with E-state index in [-0.39, 0.29) is 12.2 Å². The molecule has 0 spiro atoms. The second kappa shape index (κ2) is 5.15. The number of aromatic nitrogens is 1. The number of likely N-dealkylation sites (N-methyl/N-ethyl adjacent to an activating group) is 1. The van der Waals surface area contributed by atoms with Crippen molar-refractivity contribution < 1.29 is 24.4 Å². The second-order valence-corrected chi connectivity index (χ2v) is 4.32. The molecule has 1 aromatic rings. The van der Waals surface area contributed by atoms with Gasteiger partial charge in [0.1, 0.15) is 6.04 Å². The van der Waals surface area contributed by atoms with Gasteiger partial charge in [0.05, 0.1) is 11.3 Å². The predicted octanol–water partition coefficient (Wildman–Crippen LogP) is -0.143. The van der Waals surface area contributed by atoms with Gasteiger partial charge in [-0.15, -0.1) is 0 Å². The lowest BCUT2D eigenvalue weighted by Gasteiger charge is -2.12. The van der Waals surface area contributed by atoms with E-state index in [2.05, 4.69) is 10.3 Å². The Balaban J connectivity index is 2.36. The summed E-state index contributed by atoms with van der Waals surface area (Å²) in [6.07, 6.45) is -0.175. The Morgan fingerprint density at radius 2 is 2.19 bits per heavy atom. The maximum atomic E-state index is 11.7. The van der Waals surface area contributed by atoms with E-state index < -0.39 is 40.1 Å². The molecule has 0 aromatic carbocycles. The van der Waals surface area contributed by atoms with Crippen LogP contribution >= 0.6 is 0 Å². The number of hydrogen-bond acceptors (Lipinski definition) is 7. The van der Waals surface area contributed by atoms with Gasteiger partial charge in [-0.1, -0.05) is 0 Å². The molecule has 0 bridgehead atoms. The molecule has 110 valence electrons. The largest absolute Gasteiger partial charge is 0.477 e. The van der Waals surface area contributed by atoms with Gasteiger partial charge < -0.3 is 10.4 Å². The van der Waals surface area contributed by atoms with Crippen molar-refractivity contribution in [3.05, 3.63) is 27.9 Å². The number of nitro groups is 1. The van der Waals surface area contributed by atoms with E-state index in [4.69, 9.17) is 5.11 Å². The molecule has 2 heterocycles. The molecule has 21 heavy (non-hydrogen) atoms. The SMILES string of the molecule is CN1C(=O)CC(Nc2nc(C(=O)O)ccc2[N+](=O)[O-])C1=O. The van der Waals surface area contributed by atoms with Gasteiger partial charge in [-0.2, -0.15) is 0 Å². The summed E-state index contributed by atoms with van der Waals surface area (Å²) in [5, 5.41) is 22.2. The van der Waals surface area contributed by atoms with E-state index in [0.29, 0.717) is 0 Å². The lowest BCUT2D eigenvalue weighted by atomic mass is 10.2. The number of carboxylic acid groups (broad SMARTS) is 1. The molecule has 10 nitrogen and oxygen atoms in total. The number of rotatable bonds is 4. The Hall–Kier alpha value is -3.04. The first-order valence-electron chi connectivity index (χ1n) is 5.77. The molecule has 0 aliphatic carbocycles. The molecular formula is C11H10N4O6. The summed E-state index contributed by atoms with van der Waals surface area (Å²) < 4.78 is 0. The number of anilines is 1. The van der Waals surface area contributed by atoms with Crippen molar-refractivity contribution in [3.8, 4) is 0 Å². The van der Waals surface area contributed by atoms with Gasteiger partial charge in [-0.05, 0) is 6.07 Å². The molecule has 10 heteroatoms. The van der Waals surface area contributed by atoms with Gasteiger partial charge in [-0.3, -0.25) is 24.6 Å². The summed E-state index contributed by atoms with van der Waals surface area (Å²) >= 11 is 0. The Bertz CT molecular complexity index is 658. The predicted molar refractivity (Wildman–Crippen MR) is 67.7 cm³/mol. The highest BCUT2D eigenvalue weighted by Crippen LogP contribution is 2.25. The highest BCUT2D eigenvalue weighted by Gasteiger charge is 2.37. The van der Waals surface area contributed by atoms with Crippen LogP contribution in [-0.2, 0) is 9.59 Å². The summed E-state index contributed by atoms with van der Waals surface area (Å²) in [4.78, 5) is 48.6. The lowest BCUT2D eigenvalue weighted by Crippen LogP contribution is -2.32. The fraction of sp³-hybridized carbons (Fsp3) is 0.273. The number of carbonyl (C=O) groups is 3. The number of pyridine rings is 1. The summed E-state index contributed by atoms with van der Waals surface area (Å²) in [6, 6.07) is 0.959. The summed E-state index contributed by atoms with van der Waals surface area (Å²) in [5.41, 5.74) is -0.886. The van der Waals surface area contributed by atoms with Crippen LogP contribution in [0.3, 0.4) is 0 Å². The first kappa shape index (κ1) is 14.4. The van der Waals surface area contributed by atoms with Crippen LogP contribution in [0.5, 0.6) is 0 Å². The number of carbonyl (C=O) groups excluding carboxylic acids is 2. The summed E-state index contributed by atoms with van der Waals surface area (Å²) in [7, 11) is 1.29. The van der Waals surface area contributed by atoms with Crippen molar-refractivity contribution in [3.63, 3.8) is 0 Å². The van der Waals surface area contributed by atoms with Crippen molar-refractivity contribution >= 4 is 29.3 Å². The third kappa shape index (κ3) is 2.63. The molecule has 1 aromatic heterocycles. The number of carboxylic acids is 1. The summed E-state index contributed by atoms with van der Waals surface area (Å²) in [5.74, 6) is -2.72. The molecule has 2 N–H and O–H groups in total. The molecule has 1 unspecified atom stereocenters. The minimum absolute atomic E-state index is 0.175. The second-order valence-electron chi connectivity index (χ2n) is 4.32. The van der Waals surface area contributed by atoms with E-state index in [1.165, 1.54) is 7.05 Å². The van der Waals surface area contributed by atoms with Gasteiger partial charge in [0.25, 0.3) is 5.91 Å². The highest BCUT2D eigenvalue weighted by atomic mass is 16.6. The maximum absolute atomic E-state index is 11.7. The number of nitrogens with zero attached hydrogens (tertiary/aromatic N) is 3. The van der Waals surface area contributed by atoms with E-state index in [0.717, 1.165) is 17.0 Å². The van der Waals surface area contributed by atoms with Gasteiger partial charge in [-0.25, -0.2) is 9.78 Å². The van der Waals surface area contributed by atoms with Crippen molar-refractivity contribution in [1.82, 2.24) is 9.88 Å². The van der Waals surface area contributed by atoms with Gasteiger partial charge in [0.15, 0.2) is 5.69 Å². The number of hydrogen-bond donors (Lipinski definition) is 2. The van der Waals surface area contributed by atoms with Crippen LogP contribution < -0.4 is 5.32 Å². The molecule has 1 aliphatic heterocycles. The number of nitrogens with one attached hydrogen (secondary N) is 1. The van der Waals surface area contributed by atoms with E-state index >= 15 is 0 Å². The quantitative estimate of drug-likeness (QED) is 0.443. The van der Waals surface area contributed by atoms with E-state index in [1.54, 1.807) is 0 Å². The normalized spacial score (nSPS) is 18.0. The standard InChI is InChI=1S/C11H10N4O6/c1-14-8(16)4-6(10(14)17)13-9-7(15(20)21)3-2-5(12-9)11(18)19/h2-3,6H,4H2,1H3,(H,12,13)(H,18,19). The molecule has 1 aliphatic rings. The zero-order valence-corrected chi connectivity index (χ0v) is 10.8. The molecule has 1 saturated heterocycles. The maximum Gasteiger partial charge on any atom is 0.354 e. The van der Waals surface area contributed by atoms with Crippen LogP contribution in [0, 0.1) is 10.1 Å². The molecule has 0 saturated carbocycles. The Labute approximate surface area is 117 Å². The van der Waals surface area contributed by atoms with Crippen LogP contribution in [0.25, 0.3) is 0 Å². The molecule has 2 rings (SSSR count). The molecular weight excluding hydrogens is 284 g/mol. The number of imide groups is 1. The zero-order valence-electron chi connectivity index (χ0n) is 10.8.